The molecule has 0 bridgehead atoms. The number of nitrogens with zero attached hydrogens (tertiary/aromatic N) is 3. The zero-order chi connectivity index (χ0) is 16.4. The highest BCUT2D eigenvalue weighted by Gasteiger charge is 2.12. The van der Waals surface area contributed by atoms with Crippen molar-refractivity contribution in [1.82, 2.24) is 14.8 Å². The fourth-order valence-corrected chi connectivity index (χ4v) is 2.70. The number of para-hydroxylation sites is 1. The van der Waals surface area contributed by atoms with Gasteiger partial charge in [-0.25, -0.2) is 4.39 Å². The summed E-state index contributed by atoms with van der Waals surface area (Å²) in [5.41, 5.74) is 3.59. The lowest BCUT2D eigenvalue weighted by atomic mass is 10.0. The van der Waals surface area contributed by atoms with Crippen molar-refractivity contribution in [3.8, 4) is 28.2 Å². The molecule has 0 fully saturated rings. The van der Waals surface area contributed by atoms with Crippen LogP contribution in [-0.4, -0.2) is 14.8 Å². The van der Waals surface area contributed by atoms with Gasteiger partial charge >= 0.3 is 0 Å². The van der Waals surface area contributed by atoms with E-state index in [0.29, 0.717) is 11.5 Å². The van der Waals surface area contributed by atoms with Crippen LogP contribution < -0.4 is 0 Å². The van der Waals surface area contributed by atoms with Gasteiger partial charge in [-0.2, -0.15) is 0 Å². The zero-order valence-corrected chi connectivity index (χ0v) is 12.8. The van der Waals surface area contributed by atoms with Gasteiger partial charge < -0.3 is 0 Å². The molecule has 0 radical (unpaired) electrons. The van der Waals surface area contributed by atoms with Crippen LogP contribution in [0.15, 0.2) is 85.2 Å². The summed E-state index contributed by atoms with van der Waals surface area (Å²) in [6.45, 7) is 0. The fraction of sp³-hybridized carbons (Fsp3) is 0. The minimum Gasteiger partial charge on any atom is -0.279 e. The normalized spacial score (nSPS) is 10.7. The van der Waals surface area contributed by atoms with E-state index in [0.717, 1.165) is 16.7 Å². The standard InChI is InChI=1S/C20H14FN3/c21-18-8-4-5-9-19(18)24-14-22-23-20(24)17-12-10-16(11-13-17)15-6-2-1-3-7-15/h1-14H. The third-order valence-electron chi connectivity index (χ3n) is 3.91. The Morgan fingerprint density at radius 2 is 1.29 bits per heavy atom. The predicted molar refractivity (Wildman–Crippen MR) is 92.2 cm³/mol. The molecule has 24 heavy (non-hydrogen) atoms. The van der Waals surface area contributed by atoms with Gasteiger partial charge in [0.15, 0.2) is 5.82 Å². The summed E-state index contributed by atoms with van der Waals surface area (Å²) >= 11 is 0. The van der Waals surface area contributed by atoms with E-state index in [2.05, 4.69) is 22.3 Å². The van der Waals surface area contributed by atoms with E-state index >= 15 is 0 Å². The Bertz CT molecular complexity index is 960. The van der Waals surface area contributed by atoms with Gasteiger partial charge in [-0.3, -0.25) is 4.57 Å². The highest BCUT2D eigenvalue weighted by atomic mass is 19.1. The first-order chi connectivity index (χ1) is 11.8. The van der Waals surface area contributed by atoms with Gasteiger partial charge in [-0.05, 0) is 23.3 Å². The summed E-state index contributed by atoms with van der Waals surface area (Å²) in [6.07, 6.45) is 1.53. The maximum Gasteiger partial charge on any atom is 0.168 e. The molecule has 0 spiro atoms. The molecule has 0 N–H and O–H groups in total. The Hall–Kier alpha value is -3.27. The van der Waals surface area contributed by atoms with Crippen LogP contribution in [0, 0.1) is 5.82 Å². The van der Waals surface area contributed by atoms with Crippen LogP contribution in [0.2, 0.25) is 0 Å². The van der Waals surface area contributed by atoms with Crippen LogP contribution in [0.1, 0.15) is 0 Å². The van der Waals surface area contributed by atoms with Crippen LogP contribution in [0.3, 0.4) is 0 Å². The highest BCUT2D eigenvalue weighted by Crippen LogP contribution is 2.25. The summed E-state index contributed by atoms with van der Waals surface area (Å²) in [5.74, 6) is 0.305. The molecular formula is C20H14FN3. The van der Waals surface area contributed by atoms with Gasteiger partial charge in [0.25, 0.3) is 0 Å². The van der Waals surface area contributed by atoms with Crippen molar-refractivity contribution in [2.45, 2.75) is 0 Å². The zero-order valence-electron chi connectivity index (χ0n) is 12.8. The van der Waals surface area contributed by atoms with Crippen molar-refractivity contribution in [3.05, 3.63) is 91.0 Å². The van der Waals surface area contributed by atoms with Crippen LogP contribution >= 0.6 is 0 Å². The van der Waals surface area contributed by atoms with Crippen molar-refractivity contribution in [1.29, 1.82) is 0 Å². The van der Waals surface area contributed by atoms with E-state index in [1.54, 1.807) is 22.8 Å². The van der Waals surface area contributed by atoms with Crippen molar-refractivity contribution in [2.24, 2.45) is 0 Å². The lowest BCUT2D eigenvalue weighted by molar-refractivity contribution is 0.618. The number of hydrogen-bond donors (Lipinski definition) is 0. The average Bonchev–Trinajstić information content (AvgIpc) is 3.12. The predicted octanol–water partition coefficient (Wildman–Crippen LogP) is 4.74. The summed E-state index contributed by atoms with van der Waals surface area (Å²) in [5, 5.41) is 8.10. The molecule has 0 atom stereocenters. The van der Waals surface area contributed by atoms with E-state index in [-0.39, 0.29) is 5.82 Å². The molecule has 4 heteroatoms. The summed E-state index contributed by atoms with van der Waals surface area (Å²) in [6, 6.07) is 24.8. The van der Waals surface area contributed by atoms with Gasteiger partial charge in [0, 0.05) is 5.56 Å². The number of aromatic nitrogens is 3. The molecule has 4 rings (SSSR count). The molecule has 4 aromatic rings. The Kier molecular flexibility index (Phi) is 3.63. The third kappa shape index (κ3) is 2.58. The number of benzene rings is 3. The van der Waals surface area contributed by atoms with E-state index in [4.69, 9.17) is 0 Å². The quantitative estimate of drug-likeness (QED) is 0.546. The molecule has 0 aliphatic heterocycles. The molecule has 3 nitrogen and oxygen atoms in total. The number of hydrogen-bond acceptors (Lipinski definition) is 2. The van der Waals surface area contributed by atoms with Crippen LogP contribution in [0.4, 0.5) is 4.39 Å². The maximum absolute atomic E-state index is 14.1. The molecule has 0 aliphatic rings. The average molecular weight is 315 g/mol. The second-order valence-corrected chi connectivity index (χ2v) is 5.42. The largest absolute Gasteiger partial charge is 0.279 e. The lowest BCUT2D eigenvalue weighted by Gasteiger charge is -2.08. The van der Waals surface area contributed by atoms with Gasteiger partial charge in [0.05, 0.1) is 5.69 Å². The second kappa shape index (κ2) is 6.08. The van der Waals surface area contributed by atoms with Crippen LogP contribution in [0.25, 0.3) is 28.2 Å². The Labute approximate surface area is 139 Å². The van der Waals surface area contributed by atoms with Crippen molar-refractivity contribution in [3.63, 3.8) is 0 Å². The van der Waals surface area contributed by atoms with E-state index in [9.17, 15) is 4.39 Å². The van der Waals surface area contributed by atoms with Crippen molar-refractivity contribution < 1.29 is 4.39 Å². The fourth-order valence-electron chi connectivity index (χ4n) is 2.70. The molecule has 116 valence electrons. The van der Waals surface area contributed by atoms with Crippen molar-refractivity contribution in [2.75, 3.05) is 0 Å². The Morgan fingerprint density at radius 1 is 0.667 bits per heavy atom. The summed E-state index contributed by atoms with van der Waals surface area (Å²) in [4.78, 5) is 0. The summed E-state index contributed by atoms with van der Waals surface area (Å²) in [7, 11) is 0. The Balaban J connectivity index is 1.74. The van der Waals surface area contributed by atoms with E-state index < -0.39 is 0 Å². The number of halogens is 1. The van der Waals surface area contributed by atoms with Gasteiger partial charge in [0.1, 0.15) is 12.1 Å². The third-order valence-corrected chi connectivity index (χ3v) is 3.91. The molecule has 1 aromatic heterocycles. The maximum atomic E-state index is 14.1. The van der Waals surface area contributed by atoms with E-state index in [1.807, 2.05) is 42.5 Å². The molecule has 0 aliphatic carbocycles. The molecule has 0 amide bonds. The highest BCUT2D eigenvalue weighted by molar-refractivity contribution is 5.68. The van der Waals surface area contributed by atoms with E-state index in [1.165, 1.54) is 12.4 Å². The molecule has 3 aromatic carbocycles. The minimum atomic E-state index is -0.306. The lowest BCUT2D eigenvalue weighted by Crippen LogP contribution is -1.99. The van der Waals surface area contributed by atoms with Crippen molar-refractivity contribution >= 4 is 0 Å². The first-order valence-electron chi connectivity index (χ1n) is 7.64. The SMILES string of the molecule is Fc1ccccc1-n1cnnc1-c1ccc(-c2ccccc2)cc1. The van der Waals surface area contributed by atoms with Gasteiger partial charge in [0.2, 0.25) is 0 Å². The van der Waals surface area contributed by atoms with Crippen LogP contribution in [0.5, 0.6) is 0 Å². The molecular weight excluding hydrogens is 301 g/mol. The number of rotatable bonds is 3. The molecule has 0 saturated heterocycles. The summed E-state index contributed by atoms with van der Waals surface area (Å²) < 4.78 is 15.7. The smallest absolute Gasteiger partial charge is 0.168 e. The first kappa shape index (κ1) is 14.3. The monoisotopic (exact) mass is 315 g/mol. The van der Waals surface area contributed by atoms with Gasteiger partial charge in [-0.1, -0.05) is 66.7 Å². The molecule has 1 heterocycles. The minimum absolute atomic E-state index is 0.306. The van der Waals surface area contributed by atoms with Crippen LogP contribution in [-0.2, 0) is 0 Å². The first-order valence-corrected chi connectivity index (χ1v) is 7.64. The second-order valence-electron chi connectivity index (χ2n) is 5.42. The Morgan fingerprint density at radius 3 is 2.04 bits per heavy atom. The molecule has 0 saturated carbocycles. The molecule has 0 unspecified atom stereocenters. The van der Waals surface area contributed by atoms with Gasteiger partial charge in [-0.15, -0.1) is 10.2 Å². The topological polar surface area (TPSA) is 30.7 Å².